The normalized spacial score (nSPS) is 10.7. The summed E-state index contributed by atoms with van der Waals surface area (Å²) in [7, 11) is 0. The second-order valence-corrected chi connectivity index (χ2v) is 7.98. The molecule has 0 unspecified atom stereocenters. The van der Waals surface area contributed by atoms with Gasteiger partial charge in [0.25, 0.3) is 5.91 Å². The van der Waals surface area contributed by atoms with Gasteiger partial charge in [-0.1, -0.05) is 41.9 Å². The third-order valence-electron chi connectivity index (χ3n) is 5.35. The molecular weight excluding hydrogens is 448 g/mol. The Morgan fingerprint density at radius 3 is 2.59 bits per heavy atom. The quantitative estimate of drug-likeness (QED) is 0.379. The molecule has 7 nitrogen and oxygen atoms in total. The van der Waals surface area contributed by atoms with Crippen LogP contribution in [0.1, 0.15) is 21.5 Å². The van der Waals surface area contributed by atoms with Crippen LogP contribution in [0.2, 0.25) is 5.02 Å². The van der Waals surface area contributed by atoms with E-state index in [4.69, 9.17) is 21.8 Å². The average Bonchev–Trinajstić information content (AvgIpc) is 3.27. The molecule has 0 aliphatic carbocycles. The second-order valence-electron chi connectivity index (χ2n) is 7.58. The first kappa shape index (κ1) is 21.3. The van der Waals surface area contributed by atoms with Crippen molar-refractivity contribution in [3.05, 3.63) is 107 Å². The number of carbonyl (C=O) groups is 1. The number of pyridine rings is 2. The number of nitriles is 1. The maximum atomic E-state index is 13.4. The first-order valence-corrected chi connectivity index (χ1v) is 10.8. The molecule has 0 atom stereocenters. The maximum Gasteiger partial charge on any atom is 0.256 e. The lowest BCUT2D eigenvalue weighted by atomic mass is 10.1. The Kier molecular flexibility index (Phi) is 5.73. The number of amides is 1. The van der Waals surface area contributed by atoms with Crippen molar-refractivity contribution in [2.24, 2.45) is 0 Å². The predicted octanol–water partition coefficient (Wildman–Crippen LogP) is 5.32. The van der Waals surface area contributed by atoms with Gasteiger partial charge in [0.1, 0.15) is 6.07 Å². The molecule has 0 aliphatic rings. The first-order valence-electron chi connectivity index (χ1n) is 10.4. The summed E-state index contributed by atoms with van der Waals surface area (Å²) in [6, 6.07) is 22.0. The van der Waals surface area contributed by atoms with Gasteiger partial charge in [0.2, 0.25) is 0 Å². The number of carbonyl (C=O) groups excluding carboxylic acids is 1. The van der Waals surface area contributed by atoms with Gasteiger partial charge in [-0.05, 0) is 42.0 Å². The first-order chi connectivity index (χ1) is 16.6. The molecule has 3 aromatic heterocycles. The molecule has 0 radical (unpaired) electrons. The van der Waals surface area contributed by atoms with Crippen LogP contribution in [-0.4, -0.2) is 25.7 Å². The smallest absolute Gasteiger partial charge is 0.256 e. The molecule has 3 heterocycles. The maximum absolute atomic E-state index is 13.4. The summed E-state index contributed by atoms with van der Waals surface area (Å²) in [5.74, 6) is -0.325. The van der Waals surface area contributed by atoms with Gasteiger partial charge in [-0.2, -0.15) is 10.4 Å². The van der Waals surface area contributed by atoms with E-state index in [1.165, 1.54) is 0 Å². The minimum Gasteiger partial charge on any atom is -0.322 e. The molecule has 164 valence electrons. The minimum atomic E-state index is -0.325. The Morgan fingerprint density at radius 1 is 1.06 bits per heavy atom. The molecule has 5 aromatic rings. The number of anilines is 1. The fraction of sp³-hybridized carbons (Fsp3) is 0.0385. The van der Waals surface area contributed by atoms with Crippen molar-refractivity contribution in [2.75, 3.05) is 5.32 Å². The van der Waals surface area contributed by atoms with Crippen LogP contribution in [0.4, 0.5) is 5.69 Å². The second kappa shape index (κ2) is 9.14. The van der Waals surface area contributed by atoms with Gasteiger partial charge >= 0.3 is 0 Å². The van der Waals surface area contributed by atoms with Crippen molar-refractivity contribution in [1.29, 1.82) is 5.26 Å². The molecule has 0 aliphatic heterocycles. The summed E-state index contributed by atoms with van der Waals surface area (Å²) >= 11 is 6.14. The molecule has 8 heteroatoms. The van der Waals surface area contributed by atoms with Crippen LogP contribution in [-0.2, 0) is 6.54 Å². The molecule has 0 saturated heterocycles. The van der Waals surface area contributed by atoms with Crippen molar-refractivity contribution in [2.45, 2.75) is 6.54 Å². The van der Waals surface area contributed by atoms with Gasteiger partial charge in [-0.3, -0.25) is 9.78 Å². The van der Waals surface area contributed by atoms with Crippen LogP contribution in [0, 0.1) is 11.3 Å². The Hall–Kier alpha value is -4.54. The van der Waals surface area contributed by atoms with Crippen LogP contribution in [0.5, 0.6) is 0 Å². The lowest BCUT2D eigenvalue weighted by Crippen LogP contribution is -2.13. The van der Waals surface area contributed by atoms with Crippen LogP contribution in [0.15, 0.2) is 85.3 Å². The number of nitrogens with one attached hydrogen (secondary N) is 1. The number of hydrogen-bond donors (Lipinski definition) is 1. The van der Waals surface area contributed by atoms with Gasteiger partial charge in [-0.25, -0.2) is 9.67 Å². The van der Waals surface area contributed by atoms with E-state index >= 15 is 0 Å². The zero-order chi connectivity index (χ0) is 23.5. The molecule has 0 bridgehead atoms. The van der Waals surface area contributed by atoms with Crippen molar-refractivity contribution >= 4 is 34.2 Å². The third kappa shape index (κ3) is 4.22. The fourth-order valence-electron chi connectivity index (χ4n) is 3.65. The fourth-order valence-corrected chi connectivity index (χ4v) is 3.87. The molecule has 0 saturated carbocycles. The van der Waals surface area contributed by atoms with E-state index in [1.807, 2.05) is 48.5 Å². The van der Waals surface area contributed by atoms with E-state index in [2.05, 4.69) is 15.4 Å². The lowest BCUT2D eigenvalue weighted by Gasteiger charge is -2.10. The lowest BCUT2D eigenvalue weighted by molar-refractivity contribution is 0.102. The Labute approximate surface area is 200 Å². The van der Waals surface area contributed by atoms with E-state index in [0.717, 1.165) is 11.1 Å². The highest BCUT2D eigenvalue weighted by molar-refractivity contribution is 6.32. The summed E-state index contributed by atoms with van der Waals surface area (Å²) in [5.41, 5.74) is 4.43. The zero-order valence-corrected chi connectivity index (χ0v) is 18.6. The summed E-state index contributed by atoms with van der Waals surface area (Å²) in [6.07, 6.45) is 5.11. The van der Waals surface area contributed by atoms with Crippen LogP contribution < -0.4 is 5.32 Å². The number of hydrogen-bond acceptors (Lipinski definition) is 5. The summed E-state index contributed by atoms with van der Waals surface area (Å²) < 4.78 is 1.77. The number of halogens is 1. The molecule has 1 amide bonds. The molecule has 0 spiro atoms. The zero-order valence-electron chi connectivity index (χ0n) is 17.8. The molecule has 2 aromatic carbocycles. The highest BCUT2D eigenvalue weighted by atomic mass is 35.5. The Bertz CT molecular complexity index is 1540. The highest BCUT2D eigenvalue weighted by Crippen LogP contribution is 2.27. The molecule has 5 rings (SSSR count). The molecular formula is C26H17ClN6O. The standard InChI is InChI=1S/C26H17ClN6O/c27-23-12-20(7-6-19(23)14-28)31-26(34)21-13-24(18-4-2-1-3-5-18)32-25-22(21)15-30-33(25)16-17-8-10-29-11-9-17/h1-13,15H,16H2,(H,31,34). The average molecular weight is 465 g/mol. The van der Waals surface area contributed by atoms with E-state index in [9.17, 15) is 4.79 Å². The van der Waals surface area contributed by atoms with Gasteiger partial charge in [-0.15, -0.1) is 0 Å². The third-order valence-corrected chi connectivity index (χ3v) is 5.67. The number of nitrogens with zero attached hydrogens (tertiary/aromatic N) is 5. The van der Waals surface area contributed by atoms with Gasteiger partial charge in [0.15, 0.2) is 5.65 Å². The van der Waals surface area contributed by atoms with Gasteiger partial charge in [0.05, 0.1) is 40.0 Å². The Balaban J connectivity index is 1.59. The van der Waals surface area contributed by atoms with Crippen molar-refractivity contribution in [3.8, 4) is 17.3 Å². The van der Waals surface area contributed by atoms with E-state index < -0.39 is 0 Å². The van der Waals surface area contributed by atoms with Crippen LogP contribution >= 0.6 is 11.6 Å². The molecule has 0 fully saturated rings. The van der Waals surface area contributed by atoms with Crippen LogP contribution in [0.25, 0.3) is 22.3 Å². The minimum absolute atomic E-state index is 0.273. The number of rotatable bonds is 5. The van der Waals surface area contributed by atoms with Gasteiger partial charge < -0.3 is 5.32 Å². The van der Waals surface area contributed by atoms with Crippen LogP contribution in [0.3, 0.4) is 0 Å². The monoisotopic (exact) mass is 464 g/mol. The number of fused-ring (bicyclic) bond motifs is 1. The van der Waals surface area contributed by atoms with E-state index in [1.54, 1.807) is 47.5 Å². The largest absolute Gasteiger partial charge is 0.322 e. The van der Waals surface area contributed by atoms with E-state index in [0.29, 0.717) is 40.1 Å². The van der Waals surface area contributed by atoms with Crippen molar-refractivity contribution < 1.29 is 4.79 Å². The number of benzene rings is 2. The summed E-state index contributed by atoms with van der Waals surface area (Å²) in [5, 5.41) is 17.4. The van der Waals surface area contributed by atoms with Gasteiger partial charge in [0, 0.05) is 23.6 Å². The van der Waals surface area contributed by atoms with E-state index in [-0.39, 0.29) is 10.9 Å². The topological polar surface area (TPSA) is 96.5 Å². The molecule has 1 N–H and O–H groups in total. The Morgan fingerprint density at radius 2 is 1.85 bits per heavy atom. The number of aromatic nitrogens is 4. The summed E-state index contributed by atoms with van der Waals surface area (Å²) in [4.78, 5) is 22.2. The highest BCUT2D eigenvalue weighted by Gasteiger charge is 2.18. The molecule has 34 heavy (non-hydrogen) atoms. The predicted molar refractivity (Wildman–Crippen MR) is 130 cm³/mol. The summed E-state index contributed by atoms with van der Waals surface area (Å²) in [6.45, 7) is 0.490. The van der Waals surface area contributed by atoms with Crippen molar-refractivity contribution in [3.63, 3.8) is 0 Å². The SMILES string of the molecule is N#Cc1ccc(NC(=O)c2cc(-c3ccccc3)nc3c2cnn3Cc2ccncc2)cc1Cl. The van der Waals surface area contributed by atoms with Crippen molar-refractivity contribution in [1.82, 2.24) is 19.7 Å².